The Morgan fingerprint density at radius 3 is 2.14 bits per heavy atom. The molecule has 138 valence electrons. The van der Waals surface area contributed by atoms with Gasteiger partial charge in [-0.15, -0.1) is 0 Å². The number of fused-ring (bicyclic) bond motifs is 1. The molecule has 0 spiro atoms. The van der Waals surface area contributed by atoms with Gasteiger partial charge >= 0.3 is 0 Å². The van der Waals surface area contributed by atoms with Crippen molar-refractivity contribution in [2.75, 3.05) is 0 Å². The summed E-state index contributed by atoms with van der Waals surface area (Å²) in [5.74, 6) is -0.375. The van der Waals surface area contributed by atoms with Crippen LogP contribution >= 0.6 is 0 Å². The molecular formula is C25H20FNO. The molecule has 0 aliphatic carbocycles. The molecule has 0 atom stereocenters. The largest absolute Gasteiger partial charge is 0.354 e. The van der Waals surface area contributed by atoms with Crippen LogP contribution in [0.3, 0.4) is 0 Å². The van der Waals surface area contributed by atoms with Crippen molar-refractivity contribution in [3.8, 4) is 11.3 Å². The number of aromatic amines is 1. The molecule has 0 fully saturated rings. The zero-order valence-corrected chi connectivity index (χ0v) is 15.8. The Morgan fingerprint density at radius 2 is 1.50 bits per heavy atom. The number of H-pyrrole nitrogens is 1. The molecule has 0 amide bonds. The van der Waals surface area contributed by atoms with Crippen LogP contribution < -0.4 is 5.43 Å². The van der Waals surface area contributed by atoms with Crippen molar-refractivity contribution < 1.29 is 4.39 Å². The van der Waals surface area contributed by atoms with Gasteiger partial charge in [-0.1, -0.05) is 66.2 Å². The van der Waals surface area contributed by atoms with E-state index < -0.39 is 0 Å². The Morgan fingerprint density at radius 1 is 0.857 bits per heavy atom. The number of hydrogen-bond acceptors (Lipinski definition) is 1. The SMILES string of the molecule is CC(C)=C(c1ccccc1)c1c(-c2ccccc2)[nH]c2cc(F)ccc2c1=O. The number of pyridine rings is 1. The van der Waals surface area contributed by atoms with E-state index in [1.165, 1.54) is 12.1 Å². The van der Waals surface area contributed by atoms with E-state index in [9.17, 15) is 9.18 Å². The summed E-state index contributed by atoms with van der Waals surface area (Å²) >= 11 is 0. The van der Waals surface area contributed by atoms with Gasteiger partial charge in [-0.25, -0.2) is 4.39 Å². The quantitative estimate of drug-likeness (QED) is 0.460. The topological polar surface area (TPSA) is 32.9 Å². The minimum absolute atomic E-state index is 0.104. The van der Waals surface area contributed by atoms with Gasteiger partial charge in [0.15, 0.2) is 5.43 Å². The van der Waals surface area contributed by atoms with Crippen LogP contribution in [0.1, 0.15) is 25.0 Å². The molecule has 1 heterocycles. The molecule has 28 heavy (non-hydrogen) atoms. The highest BCUT2D eigenvalue weighted by Crippen LogP contribution is 2.33. The highest BCUT2D eigenvalue weighted by atomic mass is 19.1. The Kier molecular flexibility index (Phi) is 4.66. The summed E-state index contributed by atoms with van der Waals surface area (Å²) in [4.78, 5) is 16.9. The number of allylic oxidation sites excluding steroid dienone is 1. The van der Waals surface area contributed by atoms with E-state index in [0.717, 1.165) is 22.3 Å². The molecule has 1 aromatic heterocycles. The van der Waals surface area contributed by atoms with Gasteiger partial charge in [0.05, 0.1) is 16.8 Å². The molecule has 1 N–H and O–H groups in total. The Balaban J connectivity index is 2.15. The molecular weight excluding hydrogens is 349 g/mol. The van der Waals surface area contributed by atoms with E-state index in [-0.39, 0.29) is 11.2 Å². The van der Waals surface area contributed by atoms with Crippen LogP contribution in [0.15, 0.2) is 89.2 Å². The van der Waals surface area contributed by atoms with Gasteiger partial charge in [0, 0.05) is 5.39 Å². The maximum atomic E-state index is 13.8. The first kappa shape index (κ1) is 17.9. The first-order valence-corrected chi connectivity index (χ1v) is 9.20. The summed E-state index contributed by atoms with van der Waals surface area (Å²) < 4.78 is 13.8. The van der Waals surface area contributed by atoms with E-state index in [2.05, 4.69) is 4.98 Å². The van der Waals surface area contributed by atoms with Crippen LogP contribution in [0.2, 0.25) is 0 Å². The molecule has 3 aromatic carbocycles. The maximum absolute atomic E-state index is 13.8. The normalized spacial score (nSPS) is 10.8. The Bertz CT molecular complexity index is 1230. The minimum atomic E-state index is -0.375. The molecule has 0 saturated heterocycles. The zero-order valence-electron chi connectivity index (χ0n) is 15.8. The molecule has 0 aliphatic heterocycles. The second kappa shape index (κ2) is 7.28. The number of rotatable bonds is 3. The highest BCUT2D eigenvalue weighted by Gasteiger charge is 2.19. The number of benzene rings is 3. The van der Waals surface area contributed by atoms with Crippen molar-refractivity contribution in [1.29, 1.82) is 0 Å². The van der Waals surface area contributed by atoms with Gasteiger partial charge in [0.25, 0.3) is 0 Å². The van der Waals surface area contributed by atoms with E-state index in [4.69, 9.17) is 0 Å². The van der Waals surface area contributed by atoms with E-state index in [0.29, 0.717) is 22.2 Å². The molecule has 0 unspecified atom stereocenters. The smallest absolute Gasteiger partial charge is 0.197 e. The summed E-state index contributed by atoms with van der Waals surface area (Å²) in [5, 5.41) is 0.478. The standard InChI is InChI=1S/C25H20FNO/c1-16(2)22(17-9-5-3-6-10-17)23-24(18-11-7-4-8-12-18)27-21-15-19(26)13-14-20(21)25(23)28/h3-15H,1-2H3,(H,27,28). The van der Waals surface area contributed by atoms with Gasteiger partial charge in [0.1, 0.15) is 5.82 Å². The molecule has 4 rings (SSSR count). The minimum Gasteiger partial charge on any atom is -0.354 e. The molecule has 0 aliphatic rings. The van der Waals surface area contributed by atoms with Crippen molar-refractivity contribution >= 4 is 16.5 Å². The van der Waals surface area contributed by atoms with Crippen LogP contribution in [0.25, 0.3) is 27.7 Å². The number of hydrogen-bond donors (Lipinski definition) is 1. The number of aromatic nitrogens is 1. The lowest BCUT2D eigenvalue weighted by atomic mass is 9.89. The monoisotopic (exact) mass is 369 g/mol. The fourth-order valence-corrected chi connectivity index (χ4v) is 3.61. The predicted octanol–water partition coefficient (Wildman–Crippen LogP) is 6.18. The zero-order chi connectivity index (χ0) is 19.7. The van der Waals surface area contributed by atoms with Crippen LogP contribution in [-0.2, 0) is 0 Å². The summed E-state index contributed by atoms with van der Waals surface area (Å²) in [5.41, 5.74) is 5.49. The van der Waals surface area contributed by atoms with Gasteiger partial charge in [-0.3, -0.25) is 4.79 Å². The lowest BCUT2D eigenvalue weighted by molar-refractivity contribution is 0.629. The molecule has 3 heteroatoms. The lowest BCUT2D eigenvalue weighted by Gasteiger charge is -2.17. The van der Waals surface area contributed by atoms with Gasteiger partial charge in [-0.2, -0.15) is 0 Å². The van der Waals surface area contributed by atoms with E-state index in [1.54, 1.807) is 6.07 Å². The lowest BCUT2D eigenvalue weighted by Crippen LogP contribution is -2.14. The van der Waals surface area contributed by atoms with Crippen LogP contribution in [0, 0.1) is 5.82 Å². The highest BCUT2D eigenvalue weighted by molar-refractivity contribution is 5.94. The van der Waals surface area contributed by atoms with Gasteiger partial charge < -0.3 is 4.98 Å². The van der Waals surface area contributed by atoms with Crippen molar-refractivity contribution in [3.05, 3.63) is 112 Å². The first-order chi connectivity index (χ1) is 13.6. The Labute approximate surface area is 163 Å². The van der Waals surface area contributed by atoms with Crippen molar-refractivity contribution in [1.82, 2.24) is 4.98 Å². The van der Waals surface area contributed by atoms with Crippen LogP contribution in [0.5, 0.6) is 0 Å². The summed E-state index contributed by atoms with van der Waals surface area (Å²) in [6.07, 6.45) is 0. The molecule has 0 bridgehead atoms. The molecule has 0 radical (unpaired) electrons. The number of halogens is 1. The third kappa shape index (κ3) is 3.16. The molecule has 4 aromatic rings. The first-order valence-electron chi connectivity index (χ1n) is 9.20. The summed E-state index contributed by atoms with van der Waals surface area (Å²) in [6, 6.07) is 23.8. The average molecular weight is 369 g/mol. The summed E-state index contributed by atoms with van der Waals surface area (Å²) in [6.45, 7) is 4.01. The number of nitrogens with one attached hydrogen (secondary N) is 1. The van der Waals surface area contributed by atoms with Crippen LogP contribution in [-0.4, -0.2) is 4.98 Å². The second-order valence-electron chi connectivity index (χ2n) is 7.00. The third-order valence-corrected chi connectivity index (χ3v) is 4.84. The third-order valence-electron chi connectivity index (χ3n) is 4.84. The molecule has 0 saturated carbocycles. The Hall–Kier alpha value is -3.46. The van der Waals surface area contributed by atoms with Crippen LogP contribution in [0.4, 0.5) is 4.39 Å². The van der Waals surface area contributed by atoms with Gasteiger partial charge in [-0.05, 0) is 48.7 Å². The van der Waals surface area contributed by atoms with Crippen molar-refractivity contribution in [2.24, 2.45) is 0 Å². The average Bonchev–Trinajstić information content (AvgIpc) is 2.71. The summed E-state index contributed by atoms with van der Waals surface area (Å²) in [7, 11) is 0. The fraction of sp³-hybridized carbons (Fsp3) is 0.0800. The van der Waals surface area contributed by atoms with E-state index >= 15 is 0 Å². The predicted molar refractivity (Wildman–Crippen MR) is 114 cm³/mol. The van der Waals surface area contributed by atoms with Gasteiger partial charge in [0.2, 0.25) is 0 Å². The molecule has 2 nitrogen and oxygen atoms in total. The van der Waals surface area contributed by atoms with Crippen molar-refractivity contribution in [3.63, 3.8) is 0 Å². The maximum Gasteiger partial charge on any atom is 0.197 e. The van der Waals surface area contributed by atoms with Crippen molar-refractivity contribution in [2.45, 2.75) is 13.8 Å². The van der Waals surface area contributed by atoms with E-state index in [1.807, 2.05) is 74.5 Å². The second-order valence-corrected chi connectivity index (χ2v) is 7.00. The fourth-order valence-electron chi connectivity index (χ4n) is 3.61.